The molecule has 2 aromatic rings. The summed E-state index contributed by atoms with van der Waals surface area (Å²) in [7, 11) is -3.53. The van der Waals surface area contributed by atoms with E-state index >= 15 is 0 Å². The van der Waals surface area contributed by atoms with Crippen molar-refractivity contribution < 1.29 is 27.6 Å². The van der Waals surface area contributed by atoms with Gasteiger partial charge in [-0.3, -0.25) is 14.9 Å². The van der Waals surface area contributed by atoms with Crippen molar-refractivity contribution in [3.8, 4) is 11.5 Å². The van der Waals surface area contributed by atoms with Crippen molar-refractivity contribution >= 4 is 27.1 Å². The lowest BCUT2D eigenvalue weighted by Crippen LogP contribution is -2.16. The zero-order valence-corrected chi connectivity index (χ0v) is 18.7. The van der Waals surface area contributed by atoms with E-state index in [0.29, 0.717) is 31.6 Å². The van der Waals surface area contributed by atoms with Crippen molar-refractivity contribution in [3.63, 3.8) is 0 Å². The van der Waals surface area contributed by atoms with Gasteiger partial charge in [-0.15, -0.1) is 0 Å². The summed E-state index contributed by atoms with van der Waals surface area (Å²) < 4.78 is 34.9. The highest BCUT2D eigenvalue weighted by molar-refractivity contribution is 7.90. The maximum Gasteiger partial charge on any atom is 0.296 e. The van der Waals surface area contributed by atoms with Crippen LogP contribution in [0.4, 0.5) is 11.4 Å². The quantitative estimate of drug-likeness (QED) is 0.426. The molecule has 0 atom stereocenters. The van der Waals surface area contributed by atoms with Crippen LogP contribution in [0.1, 0.15) is 42.6 Å². The molecule has 0 aliphatic carbocycles. The fourth-order valence-electron chi connectivity index (χ4n) is 2.72. The fourth-order valence-corrected chi connectivity index (χ4v) is 3.36. The lowest BCUT2D eigenvalue weighted by molar-refractivity contribution is -0.384. The Morgan fingerprint density at radius 3 is 2.16 bits per heavy atom. The van der Waals surface area contributed by atoms with Crippen LogP contribution in [0.5, 0.6) is 11.5 Å². The zero-order valence-electron chi connectivity index (χ0n) is 17.9. The van der Waals surface area contributed by atoms with Crippen LogP contribution in [-0.4, -0.2) is 38.7 Å². The van der Waals surface area contributed by atoms with Crippen LogP contribution in [0.15, 0.2) is 35.2 Å². The number of sulfone groups is 1. The molecule has 9 nitrogen and oxygen atoms in total. The highest BCUT2D eigenvalue weighted by atomic mass is 32.2. The molecule has 168 valence electrons. The summed E-state index contributed by atoms with van der Waals surface area (Å²) in [5.74, 6) is -0.178. The minimum Gasteiger partial charge on any atom is -0.490 e. The van der Waals surface area contributed by atoms with Crippen LogP contribution in [-0.2, 0) is 9.84 Å². The molecular weight excluding hydrogens is 424 g/mol. The largest absolute Gasteiger partial charge is 0.490 e. The van der Waals surface area contributed by atoms with E-state index in [9.17, 15) is 23.3 Å². The van der Waals surface area contributed by atoms with Crippen LogP contribution in [0, 0.1) is 17.0 Å². The molecule has 1 N–H and O–H groups in total. The molecule has 31 heavy (non-hydrogen) atoms. The van der Waals surface area contributed by atoms with E-state index in [1.807, 2.05) is 13.8 Å². The van der Waals surface area contributed by atoms with Crippen LogP contribution in [0.25, 0.3) is 0 Å². The first-order valence-electron chi connectivity index (χ1n) is 9.78. The lowest BCUT2D eigenvalue weighted by atomic mass is 10.1. The molecule has 0 saturated heterocycles. The van der Waals surface area contributed by atoms with E-state index < -0.39 is 20.7 Å². The van der Waals surface area contributed by atoms with Crippen molar-refractivity contribution in [1.82, 2.24) is 0 Å². The topological polar surface area (TPSA) is 125 Å². The molecule has 1 amide bonds. The smallest absolute Gasteiger partial charge is 0.296 e. The van der Waals surface area contributed by atoms with Gasteiger partial charge < -0.3 is 14.8 Å². The summed E-state index contributed by atoms with van der Waals surface area (Å²) in [5, 5.41) is 14.1. The first-order chi connectivity index (χ1) is 14.6. The number of aryl methyl sites for hydroxylation is 1. The van der Waals surface area contributed by atoms with E-state index in [1.165, 1.54) is 30.3 Å². The van der Waals surface area contributed by atoms with Crippen molar-refractivity contribution in [2.45, 2.75) is 38.5 Å². The van der Waals surface area contributed by atoms with Crippen molar-refractivity contribution in [2.24, 2.45) is 0 Å². The Kier molecular flexibility index (Phi) is 7.98. The van der Waals surface area contributed by atoms with Crippen LogP contribution < -0.4 is 14.8 Å². The third-order valence-corrected chi connectivity index (χ3v) is 5.42. The van der Waals surface area contributed by atoms with Gasteiger partial charge in [-0.1, -0.05) is 19.9 Å². The summed E-state index contributed by atoms with van der Waals surface area (Å²) in [5.41, 5.74) is 0.187. The Hall–Kier alpha value is -3.14. The van der Waals surface area contributed by atoms with Gasteiger partial charge >= 0.3 is 0 Å². The number of carbonyl (C=O) groups excluding carboxylic acids is 1. The maximum atomic E-state index is 12.9. The third-order valence-electron chi connectivity index (χ3n) is 4.31. The number of rotatable bonds is 10. The second kappa shape index (κ2) is 10.3. The van der Waals surface area contributed by atoms with E-state index in [0.717, 1.165) is 6.26 Å². The normalized spacial score (nSPS) is 11.1. The molecular formula is C21H26N2O7S. The number of benzene rings is 2. The molecule has 0 radical (unpaired) electrons. The number of nitrogens with zero attached hydrogens (tertiary/aromatic N) is 1. The molecule has 0 heterocycles. The summed E-state index contributed by atoms with van der Waals surface area (Å²) in [6.07, 6.45) is 2.45. The minimum atomic E-state index is -3.53. The minimum absolute atomic E-state index is 0.0203. The van der Waals surface area contributed by atoms with Gasteiger partial charge in [0.1, 0.15) is 5.69 Å². The van der Waals surface area contributed by atoms with E-state index in [1.54, 1.807) is 6.92 Å². The Morgan fingerprint density at radius 2 is 1.65 bits per heavy atom. The fraction of sp³-hybridized carbons (Fsp3) is 0.381. The van der Waals surface area contributed by atoms with Crippen molar-refractivity contribution in [1.29, 1.82) is 0 Å². The summed E-state index contributed by atoms with van der Waals surface area (Å²) in [6.45, 7) is 6.18. The summed E-state index contributed by atoms with van der Waals surface area (Å²) in [6, 6.07) is 6.74. The Labute approximate surface area is 181 Å². The molecule has 10 heteroatoms. The number of hydrogen-bond acceptors (Lipinski definition) is 7. The molecule has 0 aliphatic heterocycles. The molecule has 0 spiro atoms. The Balaban J connectivity index is 2.49. The maximum absolute atomic E-state index is 12.9. The number of hydrogen-bond donors (Lipinski definition) is 1. The first kappa shape index (κ1) is 24.1. The monoisotopic (exact) mass is 450 g/mol. The Bertz CT molecular complexity index is 1080. The van der Waals surface area contributed by atoms with Gasteiger partial charge in [0.2, 0.25) is 0 Å². The number of nitrogens with one attached hydrogen (secondary N) is 1. The molecule has 0 unspecified atom stereocenters. The number of carbonyl (C=O) groups is 1. The molecule has 0 saturated carbocycles. The number of amides is 1. The standard InChI is InChI=1S/C21H26N2O7S/c1-5-9-29-19-12-17(18(23(25)26)13-20(19)30-10-6-2)22-21(24)16-11-15(31(4,27)28)8-7-14(16)3/h7-8,11-13H,5-6,9-10H2,1-4H3,(H,22,24). The highest BCUT2D eigenvalue weighted by Gasteiger charge is 2.23. The van der Waals surface area contributed by atoms with Gasteiger partial charge in [0.15, 0.2) is 21.3 Å². The third kappa shape index (κ3) is 6.17. The predicted molar refractivity (Wildman–Crippen MR) is 117 cm³/mol. The average molecular weight is 451 g/mol. The average Bonchev–Trinajstić information content (AvgIpc) is 2.70. The SMILES string of the molecule is CCCOc1cc(NC(=O)c2cc(S(C)(=O)=O)ccc2C)c([N+](=O)[O-])cc1OCCC. The number of anilines is 1. The molecule has 0 bridgehead atoms. The zero-order chi connectivity index (χ0) is 23.2. The summed E-state index contributed by atoms with van der Waals surface area (Å²) >= 11 is 0. The number of ether oxygens (including phenoxy) is 2. The van der Waals surface area contributed by atoms with Crippen molar-refractivity contribution in [3.05, 3.63) is 51.6 Å². The first-order valence-corrected chi connectivity index (χ1v) is 11.7. The van der Waals surface area contributed by atoms with E-state index in [2.05, 4.69) is 5.32 Å². The van der Waals surface area contributed by atoms with Crippen LogP contribution in [0.2, 0.25) is 0 Å². The van der Waals surface area contributed by atoms with Gasteiger partial charge in [-0.05, 0) is 37.5 Å². The molecule has 2 rings (SSSR count). The van der Waals surface area contributed by atoms with E-state index in [4.69, 9.17) is 9.47 Å². The van der Waals surface area contributed by atoms with Gasteiger partial charge in [-0.25, -0.2) is 8.42 Å². The number of nitro groups is 1. The second-order valence-corrected chi connectivity index (χ2v) is 8.99. The lowest BCUT2D eigenvalue weighted by Gasteiger charge is -2.15. The molecule has 0 fully saturated rings. The van der Waals surface area contributed by atoms with Gasteiger partial charge in [0.05, 0.1) is 29.1 Å². The second-order valence-electron chi connectivity index (χ2n) is 6.97. The molecule has 2 aromatic carbocycles. The molecule has 0 aliphatic rings. The predicted octanol–water partition coefficient (Wildman–Crippen LogP) is 4.14. The van der Waals surface area contributed by atoms with Gasteiger partial charge in [-0.2, -0.15) is 0 Å². The summed E-state index contributed by atoms with van der Waals surface area (Å²) in [4.78, 5) is 23.8. The van der Waals surface area contributed by atoms with Crippen molar-refractivity contribution in [2.75, 3.05) is 24.8 Å². The van der Waals surface area contributed by atoms with Gasteiger partial charge in [0.25, 0.3) is 11.6 Å². The molecule has 0 aromatic heterocycles. The highest BCUT2D eigenvalue weighted by Crippen LogP contribution is 2.38. The van der Waals surface area contributed by atoms with Crippen LogP contribution >= 0.6 is 0 Å². The Morgan fingerprint density at radius 1 is 1.06 bits per heavy atom. The number of nitro benzene ring substituents is 1. The van der Waals surface area contributed by atoms with Crippen LogP contribution in [0.3, 0.4) is 0 Å². The van der Waals surface area contributed by atoms with Gasteiger partial charge in [0, 0.05) is 17.9 Å². The van der Waals surface area contributed by atoms with E-state index in [-0.39, 0.29) is 33.3 Å².